The molecule has 0 spiro atoms. The van der Waals surface area contributed by atoms with Crippen LogP contribution in [0.2, 0.25) is 0 Å². The van der Waals surface area contributed by atoms with Gasteiger partial charge in [0.05, 0.1) is 11.4 Å². The summed E-state index contributed by atoms with van der Waals surface area (Å²) in [4.78, 5) is 9.94. The van der Waals surface area contributed by atoms with Gasteiger partial charge in [0.25, 0.3) is 0 Å². The maximum atomic E-state index is 4.98. The van der Waals surface area contributed by atoms with E-state index in [-0.39, 0.29) is 0 Å². The molecule has 1 aliphatic rings. The number of hydrogen-bond donors (Lipinski definition) is 0. The van der Waals surface area contributed by atoms with E-state index in [9.17, 15) is 0 Å². The van der Waals surface area contributed by atoms with Gasteiger partial charge in [0.1, 0.15) is 10.1 Å². The first kappa shape index (κ1) is 17.7. The Kier molecular flexibility index (Phi) is 6.15. The van der Waals surface area contributed by atoms with E-state index in [0.29, 0.717) is 0 Å². The molecule has 0 aromatic heterocycles. The number of benzene rings is 2. The third-order valence-electron chi connectivity index (χ3n) is 3.79. The molecule has 1 heterocycles. The van der Waals surface area contributed by atoms with Crippen molar-refractivity contribution in [3.8, 4) is 0 Å². The van der Waals surface area contributed by atoms with Gasteiger partial charge in [0, 0.05) is 11.5 Å². The van der Waals surface area contributed by atoms with Crippen LogP contribution in [0.3, 0.4) is 0 Å². The van der Waals surface area contributed by atoms with E-state index in [1.165, 1.54) is 16.4 Å². The summed E-state index contributed by atoms with van der Waals surface area (Å²) in [5.74, 6) is 2.18. The lowest BCUT2D eigenvalue weighted by molar-refractivity contribution is 1.33. The maximum Gasteiger partial charge on any atom is 0.129 e. The van der Waals surface area contributed by atoms with Crippen molar-refractivity contribution < 1.29 is 0 Å². The first-order valence-corrected chi connectivity index (χ1v) is 11.4. The molecule has 124 valence electrons. The molecule has 2 aromatic rings. The van der Waals surface area contributed by atoms with Gasteiger partial charge in [-0.2, -0.15) is 0 Å². The molecule has 1 saturated heterocycles. The number of rotatable bonds is 3. The topological polar surface area (TPSA) is 24.7 Å². The van der Waals surface area contributed by atoms with Crippen molar-refractivity contribution in [1.82, 2.24) is 0 Å². The fraction of sp³-hybridized carbons (Fsp3) is 0.263. The molecule has 24 heavy (non-hydrogen) atoms. The molecule has 5 heteroatoms. The van der Waals surface area contributed by atoms with Gasteiger partial charge in [0.15, 0.2) is 0 Å². The van der Waals surface area contributed by atoms with Crippen molar-refractivity contribution in [2.45, 2.75) is 13.8 Å². The number of aliphatic imine (C=N–C) groups is 2. The fourth-order valence-corrected chi connectivity index (χ4v) is 5.26. The molecule has 0 saturated carbocycles. The summed E-state index contributed by atoms with van der Waals surface area (Å²) in [7, 11) is 0.749. The number of thioether (sulfide) groups is 2. The molecule has 1 aliphatic heterocycles. The molecule has 2 aromatic carbocycles. The maximum absolute atomic E-state index is 4.98. The molecular weight excluding hydrogens is 351 g/mol. The molecular formula is C19H21N2PS2. The van der Waals surface area contributed by atoms with Crippen molar-refractivity contribution in [2.24, 2.45) is 9.98 Å². The van der Waals surface area contributed by atoms with Gasteiger partial charge in [-0.05, 0) is 43.0 Å². The van der Waals surface area contributed by atoms with E-state index in [4.69, 9.17) is 9.98 Å². The normalized spacial score (nSPS) is 18.8. The van der Waals surface area contributed by atoms with Crippen molar-refractivity contribution >= 4 is 58.9 Å². The monoisotopic (exact) mass is 372 g/mol. The van der Waals surface area contributed by atoms with Crippen LogP contribution in [0, 0.1) is 13.8 Å². The Balaban J connectivity index is 2.03. The van der Waals surface area contributed by atoms with E-state index in [0.717, 1.165) is 41.5 Å². The summed E-state index contributed by atoms with van der Waals surface area (Å²) >= 11 is 3.63. The predicted octanol–water partition coefficient (Wildman–Crippen LogP) is 5.48. The van der Waals surface area contributed by atoms with Gasteiger partial charge in [-0.3, -0.25) is 0 Å². The Morgan fingerprint density at radius 3 is 2.12 bits per heavy atom. The van der Waals surface area contributed by atoms with Gasteiger partial charge in [0.2, 0.25) is 0 Å². The fourth-order valence-electron chi connectivity index (χ4n) is 2.54. The van der Waals surface area contributed by atoms with Crippen LogP contribution in [-0.4, -0.2) is 28.3 Å². The molecule has 0 aliphatic carbocycles. The minimum absolute atomic E-state index is 0.749. The molecule has 1 unspecified atom stereocenters. The number of para-hydroxylation sites is 2. The SMILES string of the molecule is CPc1ccccc1N=C1SCCSC1=Nc1c(C)cccc1C. The van der Waals surface area contributed by atoms with E-state index in [1.807, 2.05) is 23.5 Å². The van der Waals surface area contributed by atoms with Crippen molar-refractivity contribution in [1.29, 1.82) is 0 Å². The van der Waals surface area contributed by atoms with E-state index in [1.54, 1.807) is 0 Å². The largest absolute Gasteiger partial charge is 0.239 e. The first-order valence-electron chi connectivity index (χ1n) is 7.95. The highest BCUT2D eigenvalue weighted by Crippen LogP contribution is 2.31. The van der Waals surface area contributed by atoms with Crippen LogP contribution in [-0.2, 0) is 0 Å². The molecule has 2 nitrogen and oxygen atoms in total. The molecule has 0 bridgehead atoms. The lowest BCUT2D eigenvalue weighted by Gasteiger charge is -2.16. The van der Waals surface area contributed by atoms with Gasteiger partial charge in [-0.1, -0.05) is 45.0 Å². The highest BCUT2D eigenvalue weighted by atomic mass is 32.2. The van der Waals surface area contributed by atoms with Crippen LogP contribution < -0.4 is 5.30 Å². The first-order chi connectivity index (χ1) is 11.7. The lowest BCUT2D eigenvalue weighted by atomic mass is 10.1. The zero-order valence-corrected chi connectivity index (χ0v) is 16.8. The van der Waals surface area contributed by atoms with Crippen LogP contribution in [0.25, 0.3) is 0 Å². The standard InChI is InChI=1S/C19H21N2PS2/c1-13-7-6-8-14(2)17(13)21-19-18(23-11-12-24-19)20-15-9-4-5-10-16(15)22-3/h4-10,22H,11-12H2,1-3H3. The molecule has 0 amide bonds. The Morgan fingerprint density at radius 2 is 1.46 bits per heavy atom. The summed E-state index contributed by atoms with van der Waals surface area (Å²) in [5, 5.41) is 3.42. The average molecular weight is 372 g/mol. The molecule has 0 N–H and O–H groups in total. The highest BCUT2D eigenvalue weighted by molar-refractivity contribution is 8.27. The van der Waals surface area contributed by atoms with E-state index >= 15 is 0 Å². The second kappa shape index (κ2) is 8.33. The van der Waals surface area contributed by atoms with E-state index in [2.05, 4.69) is 63.0 Å². The number of nitrogens with zero attached hydrogens (tertiary/aromatic N) is 2. The van der Waals surface area contributed by atoms with E-state index < -0.39 is 0 Å². The Hall–Kier alpha value is -1.09. The molecule has 1 fully saturated rings. The summed E-state index contributed by atoms with van der Waals surface area (Å²) in [6.07, 6.45) is 0. The number of hydrogen-bond acceptors (Lipinski definition) is 4. The zero-order chi connectivity index (χ0) is 16.9. The highest BCUT2D eigenvalue weighted by Gasteiger charge is 2.18. The minimum Gasteiger partial charge on any atom is -0.239 e. The Labute approximate surface area is 154 Å². The zero-order valence-electron chi connectivity index (χ0n) is 14.2. The second-order valence-corrected chi connectivity index (χ2v) is 8.74. The van der Waals surface area contributed by atoms with Crippen molar-refractivity contribution in [3.05, 3.63) is 53.6 Å². The van der Waals surface area contributed by atoms with Crippen LogP contribution in [0.1, 0.15) is 11.1 Å². The third-order valence-corrected chi connectivity index (χ3v) is 7.07. The van der Waals surface area contributed by atoms with Gasteiger partial charge in [-0.25, -0.2) is 9.98 Å². The summed E-state index contributed by atoms with van der Waals surface area (Å²) in [6, 6.07) is 14.8. The lowest BCUT2D eigenvalue weighted by Crippen LogP contribution is -2.15. The smallest absolute Gasteiger partial charge is 0.129 e. The quantitative estimate of drug-likeness (QED) is 0.667. The predicted molar refractivity (Wildman–Crippen MR) is 115 cm³/mol. The molecule has 0 radical (unpaired) electrons. The minimum atomic E-state index is 0.749. The van der Waals surface area contributed by atoms with Gasteiger partial charge in [-0.15, -0.1) is 23.5 Å². The van der Waals surface area contributed by atoms with Crippen LogP contribution >= 0.6 is 32.1 Å². The second-order valence-electron chi connectivity index (χ2n) is 5.54. The Morgan fingerprint density at radius 1 is 0.833 bits per heavy atom. The summed E-state index contributed by atoms with van der Waals surface area (Å²) in [6.45, 7) is 6.45. The average Bonchev–Trinajstić information content (AvgIpc) is 2.60. The Bertz CT molecular complexity index is 779. The number of aryl methyl sites for hydroxylation is 2. The van der Waals surface area contributed by atoms with Gasteiger partial charge < -0.3 is 0 Å². The van der Waals surface area contributed by atoms with Crippen molar-refractivity contribution in [3.63, 3.8) is 0 Å². The van der Waals surface area contributed by atoms with Crippen molar-refractivity contribution in [2.75, 3.05) is 18.2 Å². The third kappa shape index (κ3) is 4.11. The summed E-state index contributed by atoms with van der Waals surface area (Å²) < 4.78 is 0. The molecule has 3 rings (SSSR count). The summed E-state index contributed by atoms with van der Waals surface area (Å²) in [5.41, 5.74) is 4.60. The van der Waals surface area contributed by atoms with Crippen LogP contribution in [0.15, 0.2) is 52.4 Å². The van der Waals surface area contributed by atoms with Gasteiger partial charge >= 0.3 is 0 Å². The molecule has 1 atom stereocenters. The van der Waals surface area contributed by atoms with Crippen LogP contribution in [0.5, 0.6) is 0 Å². The van der Waals surface area contributed by atoms with Crippen LogP contribution in [0.4, 0.5) is 11.4 Å².